The minimum absolute atomic E-state index is 0.0843. The molecule has 1 saturated carbocycles. The molecule has 0 spiro atoms. The maximum Gasteiger partial charge on any atom is 0.124 e. The van der Waals surface area contributed by atoms with Gasteiger partial charge >= 0.3 is 0 Å². The van der Waals surface area contributed by atoms with Crippen molar-refractivity contribution < 1.29 is 5.11 Å². The van der Waals surface area contributed by atoms with E-state index in [1.165, 1.54) is 11.9 Å². The summed E-state index contributed by atoms with van der Waals surface area (Å²) in [7, 11) is 0. The zero-order valence-corrected chi connectivity index (χ0v) is 13.4. The molecule has 2 fully saturated rings. The molecule has 1 N–H and O–H groups in total. The number of imidazole rings is 1. The molecule has 0 radical (unpaired) electrons. The number of hydrogen-bond acceptors (Lipinski definition) is 3. The van der Waals surface area contributed by atoms with Crippen LogP contribution in [0.25, 0.3) is 11.0 Å². The Labute approximate surface area is 131 Å². The van der Waals surface area contributed by atoms with Crippen LogP contribution >= 0.6 is 0 Å². The number of hydrogen-bond donors (Lipinski definition) is 1. The Bertz CT molecular complexity index is 678. The second-order valence-electron chi connectivity index (χ2n) is 7.24. The highest BCUT2D eigenvalue weighted by Crippen LogP contribution is 2.38. The molecule has 2 aliphatic rings. The number of benzene rings is 1. The fraction of sp³-hybridized carbons (Fsp3) is 0.611. The first-order valence-electron chi connectivity index (χ1n) is 8.49. The van der Waals surface area contributed by atoms with Crippen LogP contribution in [-0.4, -0.2) is 38.8 Å². The average Bonchev–Trinajstić information content (AvgIpc) is 3.13. The number of rotatable bonds is 3. The molecule has 3 atom stereocenters. The standard InChI is InChI=1S/C18H25N3O/c1-12(2)21-16-6-4-3-5-15(16)19-18(21)11-20-9-13-7-8-17(22)14(13)10-20/h3-6,12-14,17,22H,7-11H2,1-2H3/t13-,14+,17-/m0/s1. The summed E-state index contributed by atoms with van der Waals surface area (Å²) in [4.78, 5) is 7.35. The van der Waals surface area contributed by atoms with E-state index in [0.717, 1.165) is 37.4 Å². The largest absolute Gasteiger partial charge is 0.393 e. The van der Waals surface area contributed by atoms with Crippen LogP contribution in [0.2, 0.25) is 0 Å². The lowest BCUT2D eigenvalue weighted by Crippen LogP contribution is -2.26. The highest BCUT2D eigenvalue weighted by Gasteiger charge is 2.41. The summed E-state index contributed by atoms with van der Waals surface area (Å²) in [5.41, 5.74) is 2.32. The second-order valence-corrected chi connectivity index (χ2v) is 7.24. The lowest BCUT2D eigenvalue weighted by atomic mass is 10.00. The average molecular weight is 299 g/mol. The molecular weight excluding hydrogens is 274 g/mol. The summed E-state index contributed by atoms with van der Waals surface area (Å²) in [5.74, 6) is 2.33. The summed E-state index contributed by atoms with van der Waals surface area (Å²) >= 11 is 0. The van der Waals surface area contributed by atoms with Crippen LogP contribution in [0.1, 0.15) is 38.6 Å². The van der Waals surface area contributed by atoms with E-state index in [-0.39, 0.29) is 6.10 Å². The first kappa shape index (κ1) is 14.2. The molecule has 0 bridgehead atoms. The van der Waals surface area contributed by atoms with Gasteiger partial charge in [-0.25, -0.2) is 4.98 Å². The molecule has 1 aliphatic carbocycles. The fourth-order valence-electron chi connectivity index (χ4n) is 4.44. The van der Waals surface area contributed by atoms with Crippen LogP contribution in [0.5, 0.6) is 0 Å². The summed E-state index contributed by atoms with van der Waals surface area (Å²) in [6.07, 6.45) is 2.09. The van der Waals surface area contributed by atoms with E-state index in [2.05, 4.69) is 47.6 Å². The molecule has 1 aromatic carbocycles. The quantitative estimate of drug-likeness (QED) is 0.947. The molecule has 4 rings (SSSR count). The van der Waals surface area contributed by atoms with Crippen molar-refractivity contribution in [2.75, 3.05) is 13.1 Å². The molecule has 4 heteroatoms. The van der Waals surface area contributed by atoms with Gasteiger partial charge in [-0.05, 0) is 44.7 Å². The zero-order chi connectivity index (χ0) is 15.3. The third-order valence-corrected chi connectivity index (χ3v) is 5.44. The van der Waals surface area contributed by atoms with Crippen molar-refractivity contribution >= 4 is 11.0 Å². The summed E-state index contributed by atoms with van der Waals surface area (Å²) < 4.78 is 2.36. The topological polar surface area (TPSA) is 41.3 Å². The molecule has 118 valence electrons. The minimum Gasteiger partial charge on any atom is -0.393 e. The smallest absolute Gasteiger partial charge is 0.124 e. The van der Waals surface area contributed by atoms with Gasteiger partial charge in [0.05, 0.1) is 23.7 Å². The molecule has 22 heavy (non-hydrogen) atoms. The number of para-hydroxylation sites is 2. The van der Waals surface area contributed by atoms with Gasteiger partial charge in [-0.3, -0.25) is 4.90 Å². The number of aliphatic hydroxyl groups excluding tert-OH is 1. The van der Waals surface area contributed by atoms with E-state index >= 15 is 0 Å². The van der Waals surface area contributed by atoms with Gasteiger partial charge in [-0.2, -0.15) is 0 Å². The second kappa shape index (κ2) is 5.36. The van der Waals surface area contributed by atoms with Crippen molar-refractivity contribution in [3.05, 3.63) is 30.1 Å². The van der Waals surface area contributed by atoms with Gasteiger partial charge < -0.3 is 9.67 Å². The van der Waals surface area contributed by atoms with Crippen molar-refractivity contribution in [3.63, 3.8) is 0 Å². The highest BCUT2D eigenvalue weighted by molar-refractivity contribution is 5.76. The summed E-state index contributed by atoms with van der Waals surface area (Å²) in [6, 6.07) is 8.81. The molecule has 1 saturated heterocycles. The SMILES string of the molecule is CC(C)n1c(CN2C[C@@H]3CC[C@H](O)[C@@H]3C2)nc2ccccc21. The number of likely N-dealkylation sites (tertiary alicyclic amines) is 1. The zero-order valence-electron chi connectivity index (χ0n) is 13.4. The molecule has 1 aromatic heterocycles. The number of aliphatic hydroxyl groups is 1. The first-order valence-corrected chi connectivity index (χ1v) is 8.49. The maximum absolute atomic E-state index is 10.1. The predicted molar refractivity (Wildman–Crippen MR) is 87.6 cm³/mol. The lowest BCUT2D eigenvalue weighted by molar-refractivity contribution is 0.123. The van der Waals surface area contributed by atoms with E-state index in [1.54, 1.807) is 0 Å². The van der Waals surface area contributed by atoms with Crippen LogP contribution < -0.4 is 0 Å². The Morgan fingerprint density at radius 3 is 2.82 bits per heavy atom. The van der Waals surface area contributed by atoms with Crippen molar-refractivity contribution in [2.24, 2.45) is 11.8 Å². The number of nitrogens with zero attached hydrogens (tertiary/aromatic N) is 3. The van der Waals surface area contributed by atoms with Crippen molar-refractivity contribution in [1.82, 2.24) is 14.5 Å². The van der Waals surface area contributed by atoms with Gasteiger partial charge in [0.15, 0.2) is 0 Å². The lowest BCUT2D eigenvalue weighted by Gasteiger charge is -2.20. The molecule has 2 heterocycles. The molecular formula is C18H25N3O. The van der Waals surface area contributed by atoms with E-state index in [4.69, 9.17) is 4.98 Å². The molecule has 1 aliphatic heterocycles. The van der Waals surface area contributed by atoms with Crippen LogP contribution in [0, 0.1) is 11.8 Å². The van der Waals surface area contributed by atoms with Gasteiger partial charge in [-0.1, -0.05) is 12.1 Å². The molecule has 0 unspecified atom stereocenters. The van der Waals surface area contributed by atoms with Crippen LogP contribution in [0.15, 0.2) is 24.3 Å². The minimum atomic E-state index is -0.0843. The maximum atomic E-state index is 10.1. The summed E-state index contributed by atoms with van der Waals surface area (Å²) in [5, 5.41) is 10.1. The van der Waals surface area contributed by atoms with Crippen molar-refractivity contribution in [2.45, 2.75) is 45.4 Å². The summed E-state index contributed by atoms with van der Waals surface area (Å²) in [6.45, 7) is 7.48. The van der Waals surface area contributed by atoms with Gasteiger partial charge in [0.2, 0.25) is 0 Å². The normalized spacial score (nSPS) is 28.8. The van der Waals surface area contributed by atoms with Crippen molar-refractivity contribution in [1.29, 1.82) is 0 Å². The fourth-order valence-corrected chi connectivity index (χ4v) is 4.44. The Balaban J connectivity index is 1.61. The number of aromatic nitrogens is 2. The Morgan fingerprint density at radius 2 is 2.05 bits per heavy atom. The van der Waals surface area contributed by atoms with Gasteiger partial charge in [-0.15, -0.1) is 0 Å². The first-order chi connectivity index (χ1) is 10.6. The van der Waals surface area contributed by atoms with Gasteiger partial charge in [0, 0.05) is 25.0 Å². The van der Waals surface area contributed by atoms with Gasteiger partial charge in [0.1, 0.15) is 5.82 Å². The van der Waals surface area contributed by atoms with Crippen LogP contribution in [-0.2, 0) is 6.54 Å². The molecule has 4 nitrogen and oxygen atoms in total. The number of fused-ring (bicyclic) bond motifs is 2. The Kier molecular flexibility index (Phi) is 3.46. The highest BCUT2D eigenvalue weighted by atomic mass is 16.3. The predicted octanol–water partition coefficient (Wildman–Crippen LogP) is 2.82. The van der Waals surface area contributed by atoms with E-state index in [9.17, 15) is 5.11 Å². The van der Waals surface area contributed by atoms with E-state index in [0.29, 0.717) is 17.9 Å². The van der Waals surface area contributed by atoms with E-state index < -0.39 is 0 Å². The third kappa shape index (κ3) is 2.25. The molecule has 0 amide bonds. The monoisotopic (exact) mass is 299 g/mol. The van der Waals surface area contributed by atoms with Crippen molar-refractivity contribution in [3.8, 4) is 0 Å². The third-order valence-electron chi connectivity index (χ3n) is 5.44. The van der Waals surface area contributed by atoms with Crippen LogP contribution in [0.3, 0.4) is 0 Å². The molecule has 2 aromatic rings. The Hall–Kier alpha value is -1.39. The van der Waals surface area contributed by atoms with Crippen LogP contribution in [0.4, 0.5) is 0 Å². The van der Waals surface area contributed by atoms with E-state index in [1.807, 2.05) is 0 Å². The Morgan fingerprint density at radius 1 is 1.23 bits per heavy atom. The van der Waals surface area contributed by atoms with Gasteiger partial charge in [0.25, 0.3) is 0 Å².